The number of aryl methyl sites for hydroxylation is 2. The minimum absolute atomic E-state index is 0.0866. The van der Waals surface area contributed by atoms with Gasteiger partial charge in [0, 0.05) is 36.0 Å². The summed E-state index contributed by atoms with van der Waals surface area (Å²) < 4.78 is 5.42. The van der Waals surface area contributed by atoms with Gasteiger partial charge in [-0.25, -0.2) is 0 Å². The summed E-state index contributed by atoms with van der Waals surface area (Å²) in [5.41, 5.74) is 6.02. The van der Waals surface area contributed by atoms with E-state index in [1.165, 1.54) is 22.1 Å². The summed E-state index contributed by atoms with van der Waals surface area (Å²) in [5, 5.41) is 1.27. The van der Waals surface area contributed by atoms with E-state index < -0.39 is 0 Å². The lowest BCUT2D eigenvalue weighted by molar-refractivity contribution is -0.133. The van der Waals surface area contributed by atoms with E-state index in [0.29, 0.717) is 12.8 Å². The van der Waals surface area contributed by atoms with Gasteiger partial charge >= 0.3 is 0 Å². The maximum atomic E-state index is 13.3. The van der Waals surface area contributed by atoms with E-state index in [9.17, 15) is 4.79 Å². The normalized spacial score (nSPS) is 16.2. The Kier molecular flexibility index (Phi) is 4.47. The van der Waals surface area contributed by atoms with Crippen molar-refractivity contribution < 1.29 is 9.21 Å². The highest BCUT2D eigenvalue weighted by Crippen LogP contribution is 2.39. The Bertz CT molecular complexity index is 1160. The molecule has 0 fully saturated rings. The van der Waals surface area contributed by atoms with Crippen LogP contribution < -0.4 is 0 Å². The zero-order valence-corrected chi connectivity index (χ0v) is 16.5. The van der Waals surface area contributed by atoms with Crippen molar-refractivity contribution in [3.63, 3.8) is 0 Å². The fraction of sp³-hybridized carbons (Fsp3) is 0.240. The first-order valence-corrected chi connectivity index (χ1v) is 10.2. The van der Waals surface area contributed by atoms with Crippen molar-refractivity contribution in [2.75, 3.05) is 6.54 Å². The Hall–Kier alpha value is -3.27. The van der Waals surface area contributed by atoms with Gasteiger partial charge in [0.1, 0.15) is 5.76 Å². The summed E-state index contributed by atoms with van der Waals surface area (Å²) in [6.45, 7) is 2.85. The van der Waals surface area contributed by atoms with E-state index in [1.54, 1.807) is 6.26 Å². The van der Waals surface area contributed by atoms with Crippen LogP contribution in [0.4, 0.5) is 0 Å². The molecule has 146 valence electrons. The average molecular weight is 384 g/mol. The number of fused-ring (bicyclic) bond motifs is 3. The summed E-state index contributed by atoms with van der Waals surface area (Å²) in [4.78, 5) is 19.0. The Labute approximate surface area is 170 Å². The maximum absolute atomic E-state index is 13.3. The number of hydrogen-bond acceptors (Lipinski definition) is 2. The minimum Gasteiger partial charge on any atom is -0.469 e. The number of aromatic amines is 1. The van der Waals surface area contributed by atoms with Crippen molar-refractivity contribution in [2.45, 2.75) is 32.2 Å². The minimum atomic E-state index is -0.0866. The molecule has 2 aromatic heterocycles. The molecule has 1 atom stereocenters. The SMILES string of the molecule is Cc1ccccc1C1c2[nH]c3ccccc3c2CCN1C(=O)CCc1ccco1. The molecule has 4 aromatic rings. The van der Waals surface area contributed by atoms with E-state index in [2.05, 4.69) is 60.4 Å². The van der Waals surface area contributed by atoms with Crippen LogP contribution >= 0.6 is 0 Å². The third kappa shape index (κ3) is 3.15. The van der Waals surface area contributed by atoms with Crippen LogP contribution in [0.3, 0.4) is 0 Å². The first kappa shape index (κ1) is 17.8. The number of nitrogens with zero attached hydrogens (tertiary/aromatic N) is 1. The number of para-hydroxylation sites is 1. The van der Waals surface area contributed by atoms with Crippen LogP contribution in [-0.4, -0.2) is 22.3 Å². The van der Waals surface area contributed by atoms with Gasteiger partial charge in [0.25, 0.3) is 0 Å². The van der Waals surface area contributed by atoms with Crippen molar-refractivity contribution >= 4 is 16.8 Å². The molecule has 0 bridgehead atoms. The molecule has 29 heavy (non-hydrogen) atoms. The second kappa shape index (κ2) is 7.28. The number of benzene rings is 2. The van der Waals surface area contributed by atoms with Crippen LogP contribution in [0.5, 0.6) is 0 Å². The van der Waals surface area contributed by atoms with Gasteiger partial charge in [-0.15, -0.1) is 0 Å². The molecule has 1 aliphatic rings. The average Bonchev–Trinajstić information content (AvgIpc) is 3.39. The maximum Gasteiger partial charge on any atom is 0.223 e. The van der Waals surface area contributed by atoms with Crippen LogP contribution in [0, 0.1) is 6.92 Å². The Morgan fingerprint density at radius 3 is 2.76 bits per heavy atom. The molecule has 5 rings (SSSR count). The molecule has 1 unspecified atom stereocenters. The highest BCUT2D eigenvalue weighted by molar-refractivity contribution is 5.86. The third-order valence-electron chi connectivity index (χ3n) is 6.00. The second-order valence-electron chi connectivity index (χ2n) is 7.74. The molecule has 1 aliphatic heterocycles. The number of aromatic nitrogens is 1. The van der Waals surface area contributed by atoms with Crippen molar-refractivity contribution in [2.24, 2.45) is 0 Å². The molecule has 0 saturated carbocycles. The monoisotopic (exact) mass is 384 g/mol. The zero-order chi connectivity index (χ0) is 19.8. The van der Waals surface area contributed by atoms with E-state index in [-0.39, 0.29) is 11.9 Å². The highest BCUT2D eigenvalue weighted by Gasteiger charge is 2.34. The first-order valence-electron chi connectivity index (χ1n) is 10.2. The number of H-pyrrole nitrogens is 1. The van der Waals surface area contributed by atoms with Gasteiger partial charge in [0.2, 0.25) is 5.91 Å². The van der Waals surface area contributed by atoms with E-state index in [0.717, 1.165) is 29.9 Å². The van der Waals surface area contributed by atoms with Crippen LogP contribution in [0.25, 0.3) is 10.9 Å². The molecule has 3 heterocycles. The van der Waals surface area contributed by atoms with Gasteiger partial charge in [0.05, 0.1) is 12.3 Å². The molecule has 4 nitrogen and oxygen atoms in total. The van der Waals surface area contributed by atoms with Crippen LogP contribution in [0.15, 0.2) is 71.3 Å². The van der Waals surface area contributed by atoms with Gasteiger partial charge in [-0.05, 0) is 48.2 Å². The van der Waals surface area contributed by atoms with Crippen molar-refractivity contribution in [1.82, 2.24) is 9.88 Å². The quantitative estimate of drug-likeness (QED) is 0.527. The summed E-state index contributed by atoms with van der Waals surface area (Å²) in [6.07, 6.45) is 3.61. The molecule has 1 amide bonds. The summed E-state index contributed by atoms with van der Waals surface area (Å²) >= 11 is 0. The summed E-state index contributed by atoms with van der Waals surface area (Å²) in [6, 6.07) is 20.5. The number of carbonyl (C=O) groups excluding carboxylic acids is 1. The Morgan fingerprint density at radius 2 is 1.93 bits per heavy atom. The second-order valence-corrected chi connectivity index (χ2v) is 7.74. The fourth-order valence-electron chi connectivity index (χ4n) is 4.56. The number of amides is 1. The molecule has 0 aliphatic carbocycles. The van der Waals surface area contributed by atoms with E-state index in [1.807, 2.05) is 17.0 Å². The summed E-state index contributed by atoms with van der Waals surface area (Å²) in [7, 11) is 0. The number of hydrogen-bond donors (Lipinski definition) is 1. The topological polar surface area (TPSA) is 49.2 Å². The molecule has 2 aromatic carbocycles. The molecule has 0 saturated heterocycles. The van der Waals surface area contributed by atoms with E-state index in [4.69, 9.17) is 4.42 Å². The molecule has 0 radical (unpaired) electrons. The number of nitrogens with one attached hydrogen (secondary N) is 1. The number of rotatable bonds is 4. The van der Waals surface area contributed by atoms with Gasteiger partial charge in [-0.2, -0.15) is 0 Å². The molecular weight excluding hydrogens is 360 g/mol. The highest BCUT2D eigenvalue weighted by atomic mass is 16.3. The van der Waals surface area contributed by atoms with Crippen LogP contribution in [0.2, 0.25) is 0 Å². The van der Waals surface area contributed by atoms with Crippen LogP contribution in [0.1, 0.15) is 40.6 Å². The number of carbonyl (C=O) groups is 1. The molecule has 1 N–H and O–H groups in total. The van der Waals surface area contributed by atoms with Crippen molar-refractivity contribution in [1.29, 1.82) is 0 Å². The third-order valence-corrected chi connectivity index (χ3v) is 6.00. The van der Waals surface area contributed by atoms with E-state index >= 15 is 0 Å². The van der Waals surface area contributed by atoms with Crippen LogP contribution in [-0.2, 0) is 17.6 Å². The Balaban J connectivity index is 1.56. The lowest BCUT2D eigenvalue weighted by Crippen LogP contribution is -2.41. The zero-order valence-electron chi connectivity index (χ0n) is 16.5. The largest absolute Gasteiger partial charge is 0.469 e. The van der Waals surface area contributed by atoms with Gasteiger partial charge in [-0.1, -0.05) is 42.5 Å². The standard InChI is InChI=1S/C25H24N2O2/c1-17-7-2-3-9-19(17)25-24-21(20-10-4-5-11-22(20)26-24)14-15-27(25)23(28)13-12-18-8-6-16-29-18/h2-11,16,25-26H,12-15H2,1H3. The fourth-order valence-corrected chi connectivity index (χ4v) is 4.56. The smallest absolute Gasteiger partial charge is 0.223 e. The Morgan fingerprint density at radius 1 is 1.10 bits per heavy atom. The predicted octanol–water partition coefficient (Wildman–Crippen LogP) is 5.18. The lowest BCUT2D eigenvalue weighted by atomic mass is 9.90. The number of furan rings is 1. The first-order chi connectivity index (χ1) is 14.2. The van der Waals surface area contributed by atoms with Crippen molar-refractivity contribution in [3.8, 4) is 0 Å². The predicted molar refractivity (Wildman–Crippen MR) is 114 cm³/mol. The molecule has 4 heteroatoms. The van der Waals surface area contributed by atoms with Gasteiger partial charge in [-0.3, -0.25) is 4.79 Å². The van der Waals surface area contributed by atoms with Gasteiger partial charge in [0.15, 0.2) is 0 Å². The summed E-state index contributed by atoms with van der Waals surface area (Å²) in [5.74, 6) is 1.02. The van der Waals surface area contributed by atoms with Gasteiger partial charge < -0.3 is 14.3 Å². The lowest BCUT2D eigenvalue weighted by Gasteiger charge is -2.37. The van der Waals surface area contributed by atoms with Crippen molar-refractivity contribution in [3.05, 3.63) is 95.1 Å². The molecule has 0 spiro atoms. The molecular formula is C25H24N2O2.